The second kappa shape index (κ2) is 6.36. The van der Waals surface area contributed by atoms with Crippen LogP contribution in [-0.4, -0.2) is 26.9 Å². The van der Waals surface area contributed by atoms with E-state index in [-0.39, 0.29) is 18.0 Å². The highest BCUT2D eigenvalue weighted by atomic mass is 16.2. The van der Waals surface area contributed by atoms with E-state index in [2.05, 4.69) is 15.3 Å². The third-order valence-electron chi connectivity index (χ3n) is 2.71. The van der Waals surface area contributed by atoms with Crippen molar-refractivity contribution in [3.63, 3.8) is 0 Å². The normalized spacial score (nSPS) is 12.8. The maximum absolute atomic E-state index is 11.9. The monoisotopic (exact) mass is 265 g/mol. The van der Waals surface area contributed by atoms with Gasteiger partial charge in [-0.1, -0.05) is 13.8 Å². The first-order valence-corrected chi connectivity index (χ1v) is 6.64. The molecule has 2 amide bonds. The van der Waals surface area contributed by atoms with E-state index in [1.807, 2.05) is 34.6 Å². The minimum Gasteiger partial charge on any atom is -0.368 e. The maximum Gasteiger partial charge on any atom is 0.318 e. The molecular formula is C13H23N5O. The number of hydrogen-bond acceptors (Lipinski definition) is 4. The molecule has 0 bridgehead atoms. The Labute approximate surface area is 114 Å². The summed E-state index contributed by atoms with van der Waals surface area (Å²) >= 11 is 0. The third-order valence-corrected chi connectivity index (χ3v) is 2.71. The van der Waals surface area contributed by atoms with E-state index in [1.165, 1.54) is 0 Å². The second-order valence-corrected chi connectivity index (χ2v) is 4.55. The number of anilines is 1. The van der Waals surface area contributed by atoms with Crippen LogP contribution in [0.25, 0.3) is 0 Å². The average molecular weight is 265 g/mol. The number of amides is 2. The molecule has 106 valence electrons. The topological polar surface area (TPSA) is 84.1 Å². The molecule has 1 aromatic rings. The van der Waals surface area contributed by atoms with Crippen molar-refractivity contribution in [2.75, 3.05) is 5.73 Å². The van der Waals surface area contributed by atoms with E-state index in [0.29, 0.717) is 13.1 Å². The Morgan fingerprint density at radius 3 is 2.53 bits per heavy atom. The maximum atomic E-state index is 11.9. The van der Waals surface area contributed by atoms with Crippen molar-refractivity contribution >= 4 is 12.0 Å². The number of aromatic nitrogens is 2. The van der Waals surface area contributed by atoms with Gasteiger partial charge < -0.3 is 16.0 Å². The van der Waals surface area contributed by atoms with Crippen LogP contribution in [-0.2, 0) is 13.1 Å². The van der Waals surface area contributed by atoms with E-state index in [9.17, 15) is 4.79 Å². The van der Waals surface area contributed by atoms with Crippen molar-refractivity contribution in [2.45, 2.75) is 53.8 Å². The highest BCUT2D eigenvalue weighted by Crippen LogP contribution is 2.23. The Hall–Kier alpha value is -1.85. The van der Waals surface area contributed by atoms with Gasteiger partial charge in [0.05, 0.1) is 18.8 Å². The Morgan fingerprint density at radius 2 is 1.95 bits per heavy atom. The second-order valence-electron chi connectivity index (χ2n) is 4.55. The van der Waals surface area contributed by atoms with Crippen LogP contribution in [0.2, 0.25) is 0 Å². The highest BCUT2D eigenvalue weighted by molar-refractivity contribution is 5.75. The van der Waals surface area contributed by atoms with E-state index in [1.54, 1.807) is 4.90 Å². The number of carbonyl (C=O) groups is 1. The summed E-state index contributed by atoms with van der Waals surface area (Å²) in [4.78, 5) is 21.8. The molecular weight excluding hydrogens is 242 g/mol. The van der Waals surface area contributed by atoms with Gasteiger partial charge in [0.2, 0.25) is 5.95 Å². The molecule has 1 aliphatic rings. The number of aryl methyl sites for hydroxylation is 1. The Bertz CT molecular complexity index is 459. The Balaban J connectivity index is 0.000000861. The van der Waals surface area contributed by atoms with Gasteiger partial charge in [0.25, 0.3) is 0 Å². The van der Waals surface area contributed by atoms with Crippen LogP contribution in [0.4, 0.5) is 10.7 Å². The van der Waals surface area contributed by atoms with Gasteiger partial charge in [-0.2, -0.15) is 0 Å². The fourth-order valence-corrected chi connectivity index (χ4v) is 1.92. The predicted octanol–water partition coefficient (Wildman–Crippen LogP) is 1.83. The van der Waals surface area contributed by atoms with E-state index >= 15 is 0 Å². The summed E-state index contributed by atoms with van der Waals surface area (Å²) in [6, 6.07) is 0.0550. The number of fused-ring (bicyclic) bond motifs is 1. The van der Waals surface area contributed by atoms with Crippen LogP contribution < -0.4 is 11.1 Å². The van der Waals surface area contributed by atoms with Crippen molar-refractivity contribution < 1.29 is 4.79 Å². The number of nitrogens with one attached hydrogen (secondary N) is 1. The molecule has 0 saturated heterocycles. The fourth-order valence-electron chi connectivity index (χ4n) is 1.92. The zero-order valence-electron chi connectivity index (χ0n) is 12.3. The first-order valence-electron chi connectivity index (χ1n) is 6.64. The minimum absolute atomic E-state index is 0.0732. The number of hydrogen-bond donors (Lipinski definition) is 2. The molecule has 0 fully saturated rings. The van der Waals surface area contributed by atoms with Crippen LogP contribution in [0.1, 0.15) is 44.6 Å². The first kappa shape index (κ1) is 15.2. The van der Waals surface area contributed by atoms with E-state index in [0.717, 1.165) is 17.0 Å². The van der Waals surface area contributed by atoms with Gasteiger partial charge in [0, 0.05) is 17.3 Å². The zero-order chi connectivity index (χ0) is 14.6. The summed E-state index contributed by atoms with van der Waals surface area (Å²) in [6.45, 7) is 10.8. The highest BCUT2D eigenvalue weighted by Gasteiger charge is 2.26. The molecule has 19 heavy (non-hydrogen) atoms. The standard InChI is InChI=1S/C11H17N5O.C2H6/c1-6(2)13-11(17)16-4-8-7(3)14-10(12)15-9(8)5-16;1-2/h6H,4-5H2,1-3H3,(H,13,17)(H2,12,14,15);1-2H3. The van der Waals surface area contributed by atoms with Crippen molar-refractivity contribution in [2.24, 2.45) is 0 Å². The van der Waals surface area contributed by atoms with E-state index in [4.69, 9.17) is 5.73 Å². The van der Waals surface area contributed by atoms with Gasteiger partial charge in [-0.05, 0) is 20.8 Å². The average Bonchev–Trinajstić information content (AvgIpc) is 2.75. The molecule has 1 aromatic heterocycles. The molecule has 0 aromatic carbocycles. The minimum atomic E-state index is -0.0732. The molecule has 6 heteroatoms. The molecule has 0 spiro atoms. The van der Waals surface area contributed by atoms with Gasteiger partial charge in [0.15, 0.2) is 0 Å². The first-order chi connectivity index (χ1) is 8.97. The molecule has 6 nitrogen and oxygen atoms in total. The lowest BCUT2D eigenvalue weighted by atomic mass is 10.2. The lowest BCUT2D eigenvalue weighted by Gasteiger charge is -2.17. The molecule has 0 unspecified atom stereocenters. The van der Waals surface area contributed by atoms with Gasteiger partial charge in [-0.15, -0.1) is 0 Å². The third kappa shape index (κ3) is 3.56. The predicted molar refractivity (Wildman–Crippen MR) is 75.4 cm³/mol. The van der Waals surface area contributed by atoms with Crippen LogP contribution in [0, 0.1) is 6.92 Å². The number of carbonyl (C=O) groups excluding carboxylic acids is 1. The van der Waals surface area contributed by atoms with Gasteiger partial charge in [0.1, 0.15) is 0 Å². The summed E-state index contributed by atoms with van der Waals surface area (Å²) in [7, 11) is 0. The number of nitrogens with two attached hydrogens (primary N) is 1. The summed E-state index contributed by atoms with van der Waals surface area (Å²) < 4.78 is 0. The largest absolute Gasteiger partial charge is 0.368 e. The lowest BCUT2D eigenvalue weighted by molar-refractivity contribution is 0.195. The van der Waals surface area contributed by atoms with Crippen LogP contribution >= 0.6 is 0 Å². The van der Waals surface area contributed by atoms with Gasteiger partial charge >= 0.3 is 6.03 Å². The summed E-state index contributed by atoms with van der Waals surface area (Å²) in [5.74, 6) is 0.271. The summed E-state index contributed by atoms with van der Waals surface area (Å²) in [5, 5.41) is 2.86. The zero-order valence-corrected chi connectivity index (χ0v) is 12.3. The SMILES string of the molecule is CC.Cc1nc(N)nc2c1CN(C(=O)NC(C)C)C2. The van der Waals surface area contributed by atoms with Gasteiger partial charge in [-0.25, -0.2) is 14.8 Å². The molecule has 3 N–H and O–H groups in total. The smallest absolute Gasteiger partial charge is 0.318 e. The Kier molecular flexibility index (Phi) is 5.09. The van der Waals surface area contributed by atoms with E-state index < -0.39 is 0 Å². The van der Waals surface area contributed by atoms with Crippen molar-refractivity contribution in [1.82, 2.24) is 20.2 Å². The van der Waals surface area contributed by atoms with Crippen LogP contribution in [0.3, 0.4) is 0 Å². The number of nitrogen functional groups attached to an aromatic ring is 1. The van der Waals surface area contributed by atoms with Crippen molar-refractivity contribution in [3.8, 4) is 0 Å². The molecule has 0 saturated carbocycles. The van der Waals surface area contributed by atoms with Gasteiger partial charge in [-0.3, -0.25) is 0 Å². The molecule has 0 atom stereocenters. The Morgan fingerprint density at radius 1 is 1.32 bits per heavy atom. The van der Waals surface area contributed by atoms with Crippen LogP contribution in [0.15, 0.2) is 0 Å². The molecule has 0 radical (unpaired) electrons. The number of nitrogens with zero attached hydrogens (tertiary/aromatic N) is 3. The quantitative estimate of drug-likeness (QED) is 0.811. The van der Waals surface area contributed by atoms with Crippen molar-refractivity contribution in [1.29, 1.82) is 0 Å². The summed E-state index contributed by atoms with van der Waals surface area (Å²) in [5.41, 5.74) is 8.31. The number of rotatable bonds is 1. The molecule has 2 heterocycles. The number of urea groups is 1. The fraction of sp³-hybridized carbons (Fsp3) is 0.615. The van der Waals surface area contributed by atoms with Crippen molar-refractivity contribution in [3.05, 3.63) is 17.0 Å². The van der Waals surface area contributed by atoms with Crippen LogP contribution in [0.5, 0.6) is 0 Å². The molecule has 1 aliphatic heterocycles. The lowest BCUT2D eigenvalue weighted by Crippen LogP contribution is -2.40. The molecule has 0 aliphatic carbocycles. The molecule has 2 rings (SSSR count). The summed E-state index contributed by atoms with van der Waals surface area (Å²) in [6.07, 6.45) is 0.